The molecule has 4 N–H and O–H groups in total. The second-order valence-corrected chi connectivity index (χ2v) is 13.9. The largest absolute Gasteiger partial charge is 0.505 e. The molecule has 2 bridgehead atoms. The molecule has 0 heterocycles. The first kappa shape index (κ1) is 35.4. The number of nitrogens with one attached hydrogen (secondary N) is 2. The molecule has 3 aliphatic rings. The van der Waals surface area contributed by atoms with Gasteiger partial charge in [0.15, 0.2) is 0 Å². The lowest BCUT2D eigenvalue weighted by atomic mass is 9.52. The summed E-state index contributed by atoms with van der Waals surface area (Å²) in [5, 5.41) is 31.9. The molecule has 0 aromatic heterocycles. The van der Waals surface area contributed by atoms with Crippen LogP contribution in [0, 0.1) is 29.1 Å². The van der Waals surface area contributed by atoms with Crippen molar-refractivity contribution in [1.82, 2.24) is 5.32 Å². The van der Waals surface area contributed by atoms with Gasteiger partial charge in [0.05, 0.1) is 36.8 Å². The normalized spacial score (nSPS) is 35.9. The minimum Gasteiger partial charge on any atom is -0.505 e. The molecule has 45 heavy (non-hydrogen) atoms. The number of carbonyl (C=O) groups is 2. The molecule has 0 unspecified atom stereocenters. The lowest BCUT2D eigenvalue weighted by Gasteiger charge is -2.59. The second kappa shape index (κ2) is 13.7. The van der Waals surface area contributed by atoms with Gasteiger partial charge in [0.2, 0.25) is 5.91 Å². The maximum Gasteiger partial charge on any atom is 0.340 e. The van der Waals surface area contributed by atoms with Crippen LogP contribution in [0.5, 0.6) is 0 Å². The summed E-state index contributed by atoms with van der Waals surface area (Å²) < 4.78 is 23.6. The standard InChI is InChI=1S/C35H54N2O8/c1-9-36-21-33(15-12-16-42-6,45-31(39)26-13-10-11-14-27(26)37-24(4)38)28-18-25-20-32(28,5)29-17-22(2)30(44-8)35(29,41)34(25,40)19-23(3)43-7/h10-14,16,22-23,25,28-30,36,40-41H,9,15,17-21H2,1-8H3,(H,37,38)/b16-12+/t22-,23+,25+,28-,29-,30-,32-,33+,34-,35-/m0/s1. The summed E-state index contributed by atoms with van der Waals surface area (Å²) in [7, 11) is 4.80. The van der Waals surface area contributed by atoms with Crippen molar-refractivity contribution in [3.05, 3.63) is 42.2 Å². The Kier molecular flexibility index (Phi) is 10.8. The van der Waals surface area contributed by atoms with Crippen molar-refractivity contribution in [2.24, 2.45) is 29.1 Å². The van der Waals surface area contributed by atoms with E-state index >= 15 is 0 Å². The number of anilines is 1. The van der Waals surface area contributed by atoms with Crippen LogP contribution in [0.4, 0.5) is 5.69 Å². The van der Waals surface area contributed by atoms with Crippen LogP contribution < -0.4 is 10.6 Å². The van der Waals surface area contributed by atoms with Crippen LogP contribution in [0.15, 0.2) is 36.6 Å². The highest BCUT2D eigenvalue weighted by Gasteiger charge is 2.78. The van der Waals surface area contributed by atoms with Crippen molar-refractivity contribution >= 4 is 17.6 Å². The van der Waals surface area contributed by atoms with E-state index < -0.39 is 34.3 Å². The third-order valence-electron chi connectivity index (χ3n) is 11.3. The van der Waals surface area contributed by atoms with E-state index in [1.807, 2.05) is 19.9 Å². The summed E-state index contributed by atoms with van der Waals surface area (Å²) in [5.74, 6) is -1.73. The molecule has 10 atom stereocenters. The van der Waals surface area contributed by atoms with Crippen LogP contribution in [0.1, 0.15) is 77.1 Å². The quantitative estimate of drug-likeness (QED) is 0.175. The lowest BCUT2D eigenvalue weighted by Crippen LogP contribution is -2.71. The van der Waals surface area contributed by atoms with Crippen LogP contribution in [0.25, 0.3) is 0 Å². The van der Waals surface area contributed by atoms with E-state index in [0.29, 0.717) is 44.5 Å². The van der Waals surface area contributed by atoms with Gasteiger partial charge in [-0.15, -0.1) is 0 Å². The number of esters is 1. The molecular weight excluding hydrogens is 576 g/mol. The van der Waals surface area contributed by atoms with Gasteiger partial charge in [-0.05, 0) is 74.1 Å². The predicted molar refractivity (Wildman–Crippen MR) is 172 cm³/mol. The Morgan fingerprint density at radius 1 is 1.18 bits per heavy atom. The molecule has 10 heteroatoms. The number of benzene rings is 1. The number of fused-ring (bicyclic) bond motifs is 4. The monoisotopic (exact) mass is 630 g/mol. The Labute approximate surface area is 268 Å². The number of amides is 1. The minimum absolute atomic E-state index is 0.00478. The SMILES string of the molecule is CCNC[C@@](C/C=C/OC)(OC(=O)c1ccccc1NC(C)=O)[C@H]1C[C@@H]2C[C@]1(C)[C@@H]1C[C@H](C)[C@H](OC)[C@]1(O)[C@]2(O)C[C@@H](C)OC. The van der Waals surface area contributed by atoms with Crippen molar-refractivity contribution in [2.45, 2.75) is 95.7 Å². The van der Waals surface area contributed by atoms with E-state index in [1.54, 1.807) is 51.9 Å². The van der Waals surface area contributed by atoms with E-state index in [1.165, 1.54) is 6.92 Å². The van der Waals surface area contributed by atoms with Crippen LogP contribution in [-0.4, -0.2) is 85.5 Å². The topological polar surface area (TPSA) is 136 Å². The first-order valence-electron chi connectivity index (χ1n) is 16.3. The molecule has 0 spiro atoms. The van der Waals surface area contributed by atoms with Gasteiger partial charge in [0.25, 0.3) is 0 Å². The zero-order valence-electron chi connectivity index (χ0n) is 28.2. The molecule has 1 aromatic rings. The molecule has 3 saturated carbocycles. The number of carbonyl (C=O) groups excluding carboxylic acids is 2. The van der Waals surface area contributed by atoms with E-state index in [0.717, 1.165) is 0 Å². The molecule has 4 rings (SSSR count). The molecule has 3 fully saturated rings. The average molecular weight is 631 g/mol. The number of rotatable bonds is 14. The highest BCUT2D eigenvalue weighted by molar-refractivity contribution is 6.00. The summed E-state index contributed by atoms with van der Waals surface area (Å²) in [6, 6.07) is 6.83. The number of aliphatic hydroxyl groups is 2. The number of ether oxygens (including phenoxy) is 4. The minimum atomic E-state index is -1.53. The van der Waals surface area contributed by atoms with Gasteiger partial charge >= 0.3 is 5.97 Å². The van der Waals surface area contributed by atoms with Crippen molar-refractivity contribution in [3.63, 3.8) is 0 Å². The predicted octanol–water partition coefficient (Wildman–Crippen LogP) is 4.30. The molecule has 0 radical (unpaired) electrons. The number of hydrogen-bond donors (Lipinski definition) is 4. The van der Waals surface area contributed by atoms with E-state index in [-0.39, 0.29) is 47.7 Å². The van der Waals surface area contributed by atoms with Gasteiger partial charge in [0.1, 0.15) is 16.8 Å². The van der Waals surface area contributed by atoms with Crippen molar-refractivity contribution in [1.29, 1.82) is 0 Å². The average Bonchev–Trinajstić information content (AvgIpc) is 3.49. The number of likely N-dealkylation sites (N-methyl/N-ethyl adjacent to an activating group) is 1. The van der Waals surface area contributed by atoms with Crippen LogP contribution in [0.3, 0.4) is 0 Å². The Bertz CT molecular complexity index is 1240. The Hall–Kier alpha value is -2.50. The summed E-state index contributed by atoms with van der Waals surface area (Å²) in [6.45, 7) is 10.6. The summed E-state index contributed by atoms with van der Waals surface area (Å²) >= 11 is 0. The zero-order valence-corrected chi connectivity index (χ0v) is 28.2. The molecule has 0 aliphatic heterocycles. The van der Waals surface area contributed by atoms with Gasteiger partial charge in [-0.1, -0.05) is 32.9 Å². The van der Waals surface area contributed by atoms with Crippen LogP contribution >= 0.6 is 0 Å². The number of para-hydroxylation sites is 1. The highest BCUT2D eigenvalue weighted by atomic mass is 16.6. The summed E-state index contributed by atoms with van der Waals surface area (Å²) in [6.07, 6.45) is 5.04. The molecule has 1 aromatic carbocycles. The van der Waals surface area contributed by atoms with E-state index in [9.17, 15) is 19.8 Å². The Morgan fingerprint density at radius 2 is 1.89 bits per heavy atom. The second-order valence-electron chi connectivity index (χ2n) is 13.9. The summed E-state index contributed by atoms with van der Waals surface area (Å²) in [4.78, 5) is 26.1. The van der Waals surface area contributed by atoms with Gasteiger partial charge in [-0.25, -0.2) is 4.79 Å². The zero-order chi connectivity index (χ0) is 33.2. The van der Waals surface area contributed by atoms with Gasteiger partial charge in [-0.3, -0.25) is 4.79 Å². The van der Waals surface area contributed by atoms with Crippen LogP contribution in [-0.2, 0) is 23.7 Å². The molecule has 252 valence electrons. The van der Waals surface area contributed by atoms with E-state index in [4.69, 9.17) is 18.9 Å². The molecule has 1 amide bonds. The fraction of sp³-hybridized carbons (Fsp3) is 0.714. The fourth-order valence-electron chi connectivity index (χ4n) is 9.46. The van der Waals surface area contributed by atoms with Gasteiger partial charge < -0.3 is 39.8 Å². The maximum absolute atomic E-state index is 14.2. The maximum atomic E-state index is 14.2. The van der Waals surface area contributed by atoms with Gasteiger partial charge in [0, 0.05) is 46.4 Å². The number of methoxy groups -OCH3 is 3. The Morgan fingerprint density at radius 3 is 2.51 bits per heavy atom. The van der Waals surface area contributed by atoms with Crippen LogP contribution in [0.2, 0.25) is 0 Å². The van der Waals surface area contributed by atoms with Crippen molar-refractivity contribution in [3.8, 4) is 0 Å². The van der Waals surface area contributed by atoms with Crippen molar-refractivity contribution < 1.29 is 38.7 Å². The Balaban J connectivity index is 1.88. The van der Waals surface area contributed by atoms with Crippen molar-refractivity contribution in [2.75, 3.05) is 39.7 Å². The molecule has 0 saturated heterocycles. The fourth-order valence-corrected chi connectivity index (χ4v) is 9.46. The molecule has 3 aliphatic carbocycles. The molecular formula is C35H54N2O8. The smallest absolute Gasteiger partial charge is 0.340 e. The third kappa shape index (κ3) is 6.04. The summed E-state index contributed by atoms with van der Waals surface area (Å²) in [5.41, 5.74) is -3.98. The lowest BCUT2D eigenvalue weighted by molar-refractivity contribution is -0.278. The third-order valence-corrected chi connectivity index (χ3v) is 11.3. The van der Waals surface area contributed by atoms with E-state index in [2.05, 4.69) is 24.5 Å². The highest BCUT2D eigenvalue weighted by Crippen LogP contribution is 2.72. The first-order valence-corrected chi connectivity index (χ1v) is 16.3. The molecule has 10 nitrogen and oxygen atoms in total. The number of hydrogen-bond acceptors (Lipinski definition) is 9. The van der Waals surface area contributed by atoms with Gasteiger partial charge in [-0.2, -0.15) is 0 Å². The first-order chi connectivity index (χ1) is 21.3.